The lowest BCUT2D eigenvalue weighted by molar-refractivity contribution is -0.829. The van der Waals surface area contributed by atoms with Gasteiger partial charge in [0.25, 0.3) is 11.5 Å². The molecular weight excluding hydrogens is 953 g/mol. The zero-order valence-corrected chi connectivity index (χ0v) is 39.7. The van der Waals surface area contributed by atoms with E-state index in [9.17, 15) is 49.2 Å². The van der Waals surface area contributed by atoms with Crippen LogP contribution in [-0.4, -0.2) is 104 Å². The first-order valence-electron chi connectivity index (χ1n) is 20.0. The minimum absolute atomic E-state index is 0. The second kappa shape index (κ2) is 18.2. The number of aromatic nitrogens is 1. The average Bonchev–Trinajstić information content (AvgIpc) is 3.46. The van der Waals surface area contributed by atoms with Crippen LogP contribution in [0.3, 0.4) is 0 Å². The van der Waals surface area contributed by atoms with E-state index in [1.54, 1.807) is 67.3 Å². The van der Waals surface area contributed by atoms with E-state index < -0.39 is 63.3 Å². The van der Waals surface area contributed by atoms with Crippen molar-refractivity contribution in [2.75, 3.05) is 25.7 Å². The predicted molar refractivity (Wildman–Crippen MR) is 230 cm³/mol. The van der Waals surface area contributed by atoms with Gasteiger partial charge in [0.2, 0.25) is 17.6 Å². The number of nitrogens with zero attached hydrogens (tertiary/aromatic N) is 3. The number of ketones is 3. The van der Waals surface area contributed by atoms with Gasteiger partial charge >= 0.3 is 11.7 Å². The van der Waals surface area contributed by atoms with Crippen molar-refractivity contribution in [2.45, 2.75) is 88.7 Å². The molecule has 2 aliphatic rings. The lowest BCUT2D eigenvalue weighted by atomic mass is 9.57. The molecule has 0 spiro atoms. The molecule has 2 aliphatic heterocycles. The molecule has 3 heterocycles. The van der Waals surface area contributed by atoms with Gasteiger partial charge in [-0.1, -0.05) is 23.2 Å². The van der Waals surface area contributed by atoms with E-state index in [1.165, 1.54) is 49.7 Å². The number of amides is 2. The number of aliphatic carboxylic acids is 1. The molecule has 1 unspecified atom stereocenters. The van der Waals surface area contributed by atoms with Gasteiger partial charge in [0.1, 0.15) is 16.9 Å². The number of Topliss-reactive ketones (excluding diaryl/α,β-unsaturated/α-hetero) is 3. The fraction of sp³-hybridized carbons (Fsp3) is 0.370. The Balaban J connectivity index is 0.00000793. The maximum Gasteiger partial charge on any atom is 0.336 e. The Hall–Kier alpha value is -5.27. The minimum Gasteiger partial charge on any atom is -1.00 e. The number of hydrogen-bond donors (Lipinski definition) is 4. The maximum absolute atomic E-state index is 14.8. The number of rotatable bonds is 14. The fourth-order valence-corrected chi connectivity index (χ4v) is 9.56. The van der Waals surface area contributed by atoms with Crippen LogP contribution in [0.5, 0.6) is 11.5 Å². The molecule has 19 heteroatoms. The van der Waals surface area contributed by atoms with Crippen LogP contribution in [0.2, 0.25) is 10.0 Å². The van der Waals surface area contributed by atoms with Crippen LogP contribution in [0.15, 0.2) is 79.1 Å². The van der Waals surface area contributed by atoms with Gasteiger partial charge in [-0.2, -0.15) is 4.57 Å². The molecule has 346 valence electrons. The summed E-state index contributed by atoms with van der Waals surface area (Å²) in [5, 5.41) is 46.6. The normalized spacial score (nSPS) is 25.8. The number of benzene rings is 3. The Kier molecular flexibility index (Phi) is 14.2. The van der Waals surface area contributed by atoms with E-state index in [0.717, 1.165) is 18.4 Å². The van der Waals surface area contributed by atoms with Crippen LogP contribution in [-0.2, 0) is 52.9 Å². The zero-order chi connectivity index (χ0) is 47.5. The molecule has 1 saturated heterocycles. The molecule has 0 radical (unpaired) electrons. The molecule has 1 aromatic heterocycles. The number of hydrogen-bond acceptors (Lipinski definition) is 12. The van der Waals surface area contributed by atoms with Crippen molar-refractivity contribution in [3.8, 4) is 11.5 Å². The number of fused-ring (bicyclic) bond motifs is 1. The van der Waals surface area contributed by atoms with Crippen molar-refractivity contribution in [3.63, 3.8) is 0 Å². The molecule has 0 saturated carbocycles. The zero-order valence-electron chi connectivity index (χ0n) is 36.6. The van der Waals surface area contributed by atoms with E-state index in [0.29, 0.717) is 58.3 Å². The van der Waals surface area contributed by atoms with Crippen molar-refractivity contribution in [1.29, 1.82) is 0 Å². The standard InChI is InChI=1S/C46H47Cl2N3O13.BrH/c1-9-49(22-28-11-10-18-50(23-28)43(6)45(60,26(3)53)46(61,27(4)54)44(59,25(2)52)38(64-43)40(56)57)39(55)29-13-16-35(48)33(19-29)42(5)34-20-31(47)14-17-36(34)51(41(42)58)24-30-12-15-32(62-7)21-37(30)63-8;/h10-21,23,38,59-61H,9,22,24H2,1-8H3;1H/t38-,42?,43-,44-,45+,46+;/m1./s1. The Morgan fingerprint density at radius 2 is 1.52 bits per heavy atom. The van der Waals surface area contributed by atoms with Crippen molar-refractivity contribution < 1.29 is 85.0 Å². The summed E-state index contributed by atoms with van der Waals surface area (Å²) in [5.41, 5.74) is -12.3. The van der Waals surface area contributed by atoms with Gasteiger partial charge in [0, 0.05) is 58.0 Å². The molecule has 16 nitrogen and oxygen atoms in total. The SMILES string of the molecule is CCN(Cc1ccc[n+]([C@]2(C)O[C@H](C(=O)O)[C@](O)(C(C)=O)[C@@](O)(C(C)=O)[C@]2(O)C(C)=O)c1)C(=O)c1ccc(Cl)c(C2(C)C(=O)N(Cc3ccc(OC)cc3OC)c3ccc(Cl)cc32)c1.[Br-]. The highest BCUT2D eigenvalue weighted by Gasteiger charge is 2.86. The van der Waals surface area contributed by atoms with Crippen molar-refractivity contribution in [3.05, 3.63) is 117 Å². The van der Waals surface area contributed by atoms with Crippen LogP contribution in [0.4, 0.5) is 5.69 Å². The molecule has 4 aromatic rings. The quantitative estimate of drug-likeness (QED) is 0.130. The third kappa shape index (κ3) is 7.60. The van der Waals surface area contributed by atoms with E-state index in [-0.39, 0.29) is 53.1 Å². The van der Waals surface area contributed by atoms with Gasteiger partial charge < -0.3 is 56.7 Å². The molecule has 65 heavy (non-hydrogen) atoms. The Bertz CT molecular complexity index is 2630. The van der Waals surface area contributed by atoms with Gasteiger partial charge in [-0.25, -0.2) is 4.79 Å². The van der Waals surface area contributed by atoms with E-state index in [4.69, 9.17) is 37.4 Å². The van der Waals surface area contributed by atoms with Crippen molar-refractivity contribution >= 4 is 64.0 Å². The number of anilines is 1. The lowest BCUT2D eigenvalue weighted by Gasteiger charge is -2.57. The number of pyridine rings is 1. The van der Waals surface area contributed by atoms with E-state index >= 15 is 0 Å². The Morgan fingerprint density at radius 1 is 0.862 bits per heavy atom. The van der Waals surface area contributed by atoms with Crippen LogP contribution in [0.1, 0.15) is 74.2 Å². The number of carbonyl (C=O) groups is 6. The minimum atomic E-state index is -3.74. The van der Waals surface area contributed by atoms with Crippen LogP contribution >= 0.6 is 23.2 Å². The second-order valence-electron chi connectivity index (χ2n) is 16.2. The van der Waals surface area contributed by atoms with Crippen LogP contribution < -0.4 is 35.9 Å². The molecule has 1 fully saturated rings. The molecule has 0 aliphatic carbocycles. The molecule has 0 bridgehead atoms. The molecule has 2 amide bonds. The number of aliphatic hydroxyl groups is 3. The Morgan fingerprint density at radius 3 is 2.09 bits per heavy atom. The number of carbonyl (C=O) groups excluding carboxylic acids is 5. The summed E-state index contributed by atoms with van der Waals surface area (Å²) in [5.74, 6) is -6.06. The van der Waals surface area contributed by atoms with Gasteiger partial charge in [-0.3, -0.25) is 28.7 Å². The van der Waals surface area contributed by atoms with Crippen LogP contribution in [0, 0.1) is 0 Å². The number of halogens is 3. The first kappa shape index (κ1) is 50.7. The molecular formula is C46H48BrCl2N3O13. The third-order valence-corrected chi connectivity index (χ3v) is 13.3. The average molecular weight is 1000 g/mol. The smallest absolute Gasteiger partial charge is 0.336 e. The van der Waals surface area contributed by atoms with Crippen molar-refractivity contribution in [1.82, 2.24) is 4.90 Å². The summed E-state index contributed by atoms with van der Waals surface area (Å²) in [6, 6.07) is 17.9. The summed E-state index contributed by atoms with van der Waals surface area (Å²) in [4.78, 5) is 84.5. The molecule has 4 N–H and O–H groups in total. The summed E-state index contributed by atoms with van der Waals surface area (Å²) in [6.07, 6.45) is -0.128. The topological polar surface area (TPSA) is 221 Å². The number of carboxylic acid groups (broad SMARTS) is 1. The summed E-state index contributed by atoms with van der Waals surface area (Å²) in [6.45, 7) is 6.68. The highest BCUT2D eigenvalue weighted by atomic mass is 79.9. The van der Waals surface area contributed by atoms with Gasteiger partial charge in [0.15, 0.2) is 35.3 Å². The predicted octanol–water partition coefficient (Wildman–Crippen LogP) is 0.934. The van der Waals surface area contributed by atoms with Crippen molar-refractivity contribution in [2.24, 2.45) is 0 Å². The second-order valence-corrected chi connectivity index (χ2v) is 17.0. The third-order valence-electron chi connectivity index (χ3n) is 12.7. The van der Waals surface area contributed by atoms with Crippen LogP contribution in [0.25, 0.3) is 0 Å². The maximum atomic E-state index is 14.8. The van der Waals surface area contributed by atoms with Gasteiger partial charge in [0.05, 0.1) is 27.3 Å². The monoisotopic (exact) mass is 999 g/mol. The number of methoxy groups -OCH3 is 2. The number of carboxylic acids is 1. The molecule has 6 rings (SSSR count). The molecule has 3 aromatic carbocycles. The first-order valence-corrected chi connectivity index (χ1v) is 20.7. The largest absolute Gasteiger partial charge is 1.00 e. The van der Waals surface area contributed by atoms with Gasteiger partial charge in [-0.05, 0) is 100 Å². The first-order chi connectivity index (χ1) is 29.9. The summed E-state index contributed by atoms with van der Waals surface area (Å²) >= 11 is 13.4. The lowest BCUT2D eigenvalue weighted by Crippen LogP contribution is -3.00. The van der Waals surface area contributed by atoms with E-state index in [2.05, 4.69) is 0 Å². The summed E-state index contributed by atoms with van der Waals surface area (Å²) < 4.78 is 17.8. The highest BCUT2D eigenvalue weighted by Crippen LogP contribution is 2.52. The Labute approximate surface area is 395 Å². The fourth-order valence-electron chi connectivity index (χ4n) is 9.09. The van der Waals surface area contributed by atoms with Gasteiger partial charge in [-0.15, -0.1) is 0 Å². The van der Waals surface area contributed by atoms with E-state index in [1.807, 2.05) is 0 Å². The summed E-state index contributed by atoms with van der Waals surface area (Å²) in [7, 11) is 3.05. The molecule has 6 atom stereocenters. The highest BCUT2D eigenvalue weighted by molar-refractivity contribution is 6.33. The number of ether oxygens (including phenoxy) is 3.